The molecule has 2 N–H and O–H groups in total. The number of methoxy groups -OCH3 is 2. The maximum atomic E-state index is 13.8. The van der Waals surface area contributed by atoms with Gasteiger partial charge in [-0.05, 0) is 71.9 Å². The van der Waals surface area contributed by atoms with Gasteiger partial charge in [0.05, 0.1) is 36.4 Å². The second-order valence-corrected chi connectivity index (χ2v) is 15.0. The number of fused-ring (bicyclic) bond motifs is 4. The largest absolute Gasteiger partial charge is 0.495 e. The van der Waals surface area contributed by atoms with Crippen molar-refractivity contribution in [3.63, 3.8) is 0 Å². The molecule has 4 fully saturated rings. The molecule has 0 saturated heterocycles. The van der Waals surface area contributed by atoms with Crippen molar-refractivity contribution in [1.29, 1.82) is 0 Å². The van der Waals surface area contributed by atoms with Crippen LogP contribution in [-0.2, 0) is 19.2 Å². The van der Waals surface area contributed by atoms with E-state index in [4.69, 9.17) is 9.47 Å². The average molecular weight is 601 g/mol. The van der Waals surface area contributed by atoms with Crippen molar-refractivity contribution in [2.24, 2.45) is 32.5 Å². The third-order valence-electron chi connectivity index (χ3n) is 13.5. The molecule has 4 saturated carbocycles. The molecule has 4 aliphatic rings. The van der Waals surface area contributed by atoms with E-state index < -0.39 is 32.5 Å². The van der Waals surface area contributed by atoms with Gasteiger partial charge < -0.3 is 20.1 Å². The molecule has 8 nitrogen and oxygen atoms in total. The van der Waals surface area contributed by atoms with Crippen molar-refractivity contribution in [2.75, 3.05) is 24.9 Å². The number of hydrogen-bond acceptors (Lipinski definition) is 6. The van der Waals surface area contributed by atoms with Crippen molar-refractivity contribution in [3.05, 3.63) is 36.4 Å². The van der Waals surface area contributed by atoms with E-state index in [2.05, 4.69) is 10.6 Å². The number of rotatable bonds is 7. The maximum Gasteiger partial charge on any atom is 0.231 e. The molecule has 0 radical (unpaired) electrons. The summed E-state index contributed by atoms with van der Waals surface area (Å²) < 4.78 is 11.4. The number of ketones is 2. The molecule has 4 bridgehead atoms. The molecule has 8 heteroatoms. The predicted octanol–water partition coefficient (Wildman–Crippen LogP) is 6.82. The minimum Gasteiger partial charge on any atom is -0.495 e. The summed E-state index contributed by atoms with van der Waals surface area (Å²) in [6, 6.07) is 11.1. The fraction of sp³-hybridized carbons (Fsp3) is 0.556. The highest BCUT2D eigenvalue weighted by Gasteiger charge is 2.73. The number of Topliss-reactive ketones (excluding diaryl/α,β-unsaturated/α-hetero) is 2. The second kappa shape index (κ2) is 9.41. The molecule has 0 spiro atoms. The number of amides is 2. The van der Waals surface area contributed by atoms with Gasteiger partial charge in [-0.25, -0.2) is 0 Å². The smallest absolute Gasteiger partial charge is 0.231 e. The van der Waals surface area contributed by atoms with Crippen LogP contribution in [0.4, 0.5) is 11.4 Å². The molecule has 2 amide bonds. The zero-order chi connectivity index (χ0) is 32.1. The first-order valence-corrected chi connectivity index (χ1v) is 15.6. The first-order valence-electron chi connectivity index (χ1n) is 15.6. The molecule has 4 aliphatic carbocycles. The van der Waals surface area contributed by atoms with E-state index in [-0.39, 0.29) is 36.2 Å². The monoisotopic (exact) mass is 600 g/mol. The highest BCUT2D eigenvalue weighted by Crippen LogP contribution is 2.72. The van der Waals surface area contributed by atoms with E-state index in [0.29, 0.717) is 35.7 Å². The van der Waals surface area contributed by atoms with E-state index in [1.165, 1.54) is 0 Å². The number of carbonyl (C=O) groups is 4. The Morgan fingerprint density at radius 3 is 1.25 bits per heavy atom. The predicted molar refractivity (Wildman–Crippen MR) is 169 cm³/mol. The lowest BCUT2D eigenvalue weighted by Gasteiger charge is -2.38. The van der Waals surface area contributed by atoms with Crippen LogP contribution in [0.15, 0.2) is 36.4 Å². The van der Waals surface area contributed by atoms with Crippen molar-refractivity contribution in [3.8, 4) is 22.6 Å². The number of benzene rings is 2. The molecule has 0 aliphatic heterocycles. The summed E-state index contributed by atoms with van der Waals surface area (Å²) >= 11 is 0. The molecule has 234 valence electrons. The Hall–Kier alpha value is -3.68. The molecule has 4 atom stereocenters. The number of nitrogens with one attached hydrogen (secondary N) is 2. The van der Waals surface area contributed by atoms with E-state index in [0.717, 1.165) is 24.0 Å². The van der Waals surface area contributed by atoms with Gasteiger partial charge in [-0.1, -0.05) is 53.7 Å². The summed E-state index contributed by atoms with van der Waals surface area (Å²) in [5.74, 6) is 1.06. The first kappa shape index (κ1) is 30.4. The van der Waals surface area contributed by atoms with Gasteiger partial charge in [0, 0.05) is 23.7 Å². The van der Waals surface area contributed by atoms with Crippen LogP contribution in [-0.4, -0.2) is 37.6 Å². The summed E-state index contributed by atoms with van der Waals surface area (Å²) in [7, 11) is 3.12. The number of ether oxygens (including phenoxy) is 2. The topological polar surface area (TPSA) is 111 Å². The zero-order valence-corrected chi connectivity index (χ0v) is 27.2. The Morgan fingerprint density at radius 2 is 0.977 bits per heavy atom. The molecule has 2 aromatic carbocycles. The highest BCUT2D eigenvalue weighted by molar-refractivity contribution is 6.06. The molecular weight excluding hydrogens is 556 g/mol. The van der Waals surface area contributed by atoms with E-state index in [1.54, 1.807) is 14.2 Å². The van der Waals surface area contributed by atoms with Gasteiger partial charge in [0.1, 0.15) is 23.1 Å². The van der Waals surface area contributed by atoms with Crippen LogP contribution >= 0.6 is 0 Å². The Bertz CT molecular complexity index is 1510. The standard InChI is InChI=1S/C36H44N2O6/c1-31(2)33(5)13-15-35(31,19-27(33)39)29(41)37-23-11-9-21(17-25(23)43-7)22-10-12-24(26(18-22)44-8)38-30(42)36-16-14-34(6,28(40)20-36)32(36,3)4/h9-12,17-18H,13-16,19-20H2,1-8H3,(H,37,41)(H,38,42)/t33-,34+,35-,36-/m0/s1. The van der Waals surface area contributed by atoms with Gasteiger partial charge in [0.2, 0.25) is 11.8 Å². The van der Waals surface area contributed by atoms with Crippen LogP contribution in [0.25, 0.3) is 11.1 Å². The van der Waals surface area contributed by atoms with Gasteiger partial charge in [-0.15, -0.1) is 0 Å². The summed E-state index contributed by atoms with van der Waals surface area (Å²) in [6.45, 7) is 12.2. The minimum absolute atomic E-state index is 0.140. The van der Waals surface area contributed by atoms with Gasteiger partial charge in [0.25, 0.3) is 0 Å². The highest BCUT2D eigenvalue weighted by atomic mass is 16.5. The summed E-state index contributed by atoms with van der Waals surface area (Å²) in [5.41, 5.74) is -0.556. The number of carbonyl (C=O) groups excluding carboxylic acids is 4. The summed E-state index contributed by atoms with van der Waals surface area (Å²) in [5, 5.41) is 6.17. The molecule has 0 aromatic heterocycles. The third kappa shape index (κ3) is 3.57. The normalized spacial score (nSPS) is 32.5. The lowest BCUT2D eigenvalue weighted by atomic mass is 9.64. The van der Waals surface area contributed by atoms with Crippen molar-refractivity contribution < 1.29 is 28.7 Å². The molecule has 6 rings (SSSR count). The second-order valence-electron chi connectivity index (χ2n) is 15.0. The lowest BCUT2D eigenvalue weighted by Crippen LogP contribution is -2.43. The molecular formula is C36H44N2O6. The van der Waals surface area contributed by atoms with E-state index in [1.807, 2.05) is 77.9 Å². The van der Waals surface area contributed by atoms with Crippen molar-refractivity contribution in [1.82, 2.24) is 0 Å². The van der Waals surface area contributed by atoms with Gasteiger partial charge in [-0.2, -0.15) is 0 Å². The van der Waals surface area contributed by atoms with Crippen LogP contribution in [0.5, 0.6) is 11.5 Å². The Balaban J connectivity index is 1.24. The fourth-order valence-electron chi connectivity index (χ4n) is 9.15. The molecule has 0 unspecified atom stereocenters. The van der Waals surface area contributed by atoms with Gasteiger partial charge in [0.15, 0.2) is 0 Å². The first-order chi connectivity index (χ1) is 20.5. The molecule has 2 aromatic rings. The quantitative estimate of drug-likeness (QED) is 0.361. The number of anilines is 2. The van der Waals surface area contributed by atoms with Crippen molar-refractivity contribution in [2.45, 2.75) is 80.1 Å². The van der Waals surface area contributed by atoms with Crippen LogP contribution in [0, 0.1) is 32.5 Å². The van der Waals surface area contributed by atoms with Crippen LogP contribution < -0.4 is 20.1 Å². The fourth-order valence-corrected chi connectivity index (χ4v) is 9.15. The third-order valence-corrected chi connectivity index (χ3v) is 13.5. The van der Waals surface area contributed by atoms with Gasteiger partial charge in [-0.3, -0.25) is 19.2 Å². The van der Waals surface area contributed by atoms with E-state index in [9.17, 15) is 19.2 Å². The van der Waals surface area contributed by atoms with Crippen LogP contribution in [0.1, 0.15) is 80.1 Å². The SMILES string of the molecule is COc1cc(-c2ccc(NC(=O)[C@]34CC[C@](C)(C(=O)C3)C4(C)C)c(OC)c2)ccc1NC(=O)[C@]12CC[C@@](C)(C(=O)C1)C2(C)C. The lowest BCUT2D eigenvalue weighted by molar-refractivity contribution is -0.131. The average Bonchev–Trinajstić information content (AvgIpc) is 3.45. The summed E-state index contributed by atoms with van der Waals surface area (Å²) in [6.07, 6.45) is 3.34. The summed E-state index contributed by atoms with van der Waals surface area (Å²) in [4.78, 5) is 53.3. The molecule has 44 heavy (non-hydrogen) atoms. The van der Waals surface area contributed by atoms with Crippen molar-refractivity contribution >= 4 is 34.8 Å². The Morgan fingerprint density at radius 1 is 0.614 bits per heavy atom. The zero-order valence-electron chi connectivity index (χ0n) is 27.2. The van der Waals surface area contributed by atoms with Crippen LogP contribution in [0.3, 0.4) is 0 Å². The minimum atomic E-state index is -0.742. The van der Waals surface area contributed by atoms with Crippen LogP contribution in [0.2, 0.25) is 0 Å². The van der Waals surface area contributed by atoms with Gasteiger partial charge >= 0.3 is 0 Å². The Labute approximate surface area is 259 Å². The maximum absolute atomic E-state index is 13.8. The van der Waals surface area contributed by atoms with E-state index >= 15 is 0 Å². The molecule has 0 heterocycles. The number of hydrogen-bond donors (Lipinski definition) is 2. The Kier molecular flexibility index (Phi) is 6.49.